The van der Waals surface area contributed by atoms with Gasteiger partial charge in [-0.25, -0.2) is 18.0 Å². The predicted octanol–water partition coefficient (Wildman–Crippen LogP) is 4.72. The number of hydrogen-bond acceptors (Lipinski definition) is 8. The van der Waals surface area contributed by atoms with Crippen LogP contribution in [0.15, 0.2) is 48.5 Å². The number of aliphatic carboxylic acids is 1. The number of hydrogen-bond donors (Lipinski definition) is 2. The summed E-state index contributed by atoms with van der Waals surface area (Å²) in [6.07, 6.45) is 1.30. The summed E-state index contributed by atoms with van der Waals surface area (Å²) < 4.78 is 39.6. The highest BCUT2D eigenvalue weighted by Gasteiger charge is 2.32. The Morgan fingerprint density at radius 2 is 1.87 bits per heavy atom. The van der Waals surface area contributed by atoms with E-state index in [1.807, 2.05) is 6.07 Å². The summed E-state index contributed by atoms with van der Waals surface area (Å²) in [5.41, 5.74) is 2.33. The first-order valence-corrected chi connectivity index (χ1v) is 15.0. The zero-order valence-electron chi connectivity index (χ0n) is 21.5. The van der Waals surface area contributed by atoms with Crippen LogP contribution in [0.3, 0.4) is 0 Å². The number of halogens is 1. The maximum Gasteiger partial charge on any atom is 0.351 e. The van der Waals surface area contributed by atoms with Crippen LogP contribution in [0.4, 0.5) is 5.69 Å². The third-order valence-corrected chi connectivity index (χ3v) is 9.69. The topological polar surface area (TPSA) is 122 Å². The number of nitrogens with one attached hydrogen (secondary N) is 1. The molecule has 208 valence electrons. The molecule has 0 radical (unpaired) electrons. The molecule has 0 bridgehead atoms. The van der Waals surface area contributed by atoms with Gasteiger partial charge in [-0.1, -0.05) is 35.9 Å². The lowest BCUT2D eigenvalue weighted by Gasteiger charge is -2.35. The number of carboxylic acids is 1. The highest BCUT2D eigenvalue weighted by atomic mass is 35.5. The van der Waals surface area contributed by atoms with Gasteiger partial charge in [0, 0.05) is 21.5 Å². The Balaban J connectivity index is 1.77. The molecular weight excluding hydrogens is 564 g/mol. The van der Waals surface area contributed by atoms with Gasteiger partial charge in [0.25, 0.3) is 0 Å². The molecule has 0 unspecified atom stereocenters. The summed E-state index contributed by atoms with van der Waals surface area (Å²) in [7, 11) is -2.57. The molecule has 0 spiro atoms. The van der Waals surface area contributed by atoms with Crippen LogP contribution in [0.1, 0.15) is 33.6 Å². The third kappa shape index (κ3) is 6.73. The summed E-state index contributed by atoms with van der Waals surface area (Å²) in [4.78, 5) is 24.3. The smallest absolute Gasteiger partial charge is 0.351 e. The van der Waals surface area contributed by atoms with Gasteiger partial charge in [0.15, 0.2) is 11.5 Å². The molecule has 2 N–H and O–H groups in total. The van der Waals surface area contributed by atoms with Gasteiger partial charge in [0.1, 0.15) is 5.75 Å². The molecular formula is C27H29ClN2O7S2. The highest BCUT2D eigenvalue weighted by molar-refractivity contribution is 7.92. The number of carbonyl (C=O) groups excluding carboxylic acids is 1. The van der Waals surface area contributed by atoms with Crippen LogP contribution in [0.2, 0.25) is 5.02 Å². The van der Waals surface area contributed by atoms with Crippen molar-refractivity contribution in [3.63, 3.8) is 0 Å². The van der Waals surface area contributed by atoms with Gasteiger partial charge in [-0.15, -0.1) is 11.3 Å². The molecule has 4 rings (SSSR count). The number of rotatable bonds is 10. The van der Waals surface area contributed by atoms with Crippen LogP contribution in [0.5, 0.6) is 5.75 Å². The van der Waals surface area contributed by atoms with Crippen LogP contribution in [0, 0.1) is 6.92 Å². The number of benzene rings is 2. The van der Waals surface area contributed by atoms with E-state index in [-0.39, 0.29) is 22.4 Å². The molecule has 0 aliphatic carbocycles. The van der Waals surface area contributed by atoms with E-state index in [2.05, 4.69) is 5.32 Å². The average molecular weight is 593 g/mol. The number of methoxy groups -OCH3 is 1. The van der Waals surface area contributed by atoms with Crippen molar-refractivity contribution in [2.45, 2.75) is 31.6 Å². The Morgan fingerprint density at radius 1 is 1.15 bits per heavy atom. The molecule has 1 aromatic heterocycles. The van der Waals surface area contributed by atoms with E-state index in [1.165, 1.54) is 11.4 Å². The first-order chi connectivity index (χ1) is 18.6. The SMILES string of the molecule is COC(=O)c1sc(-c2cccc(N(C3CCNCC3)S(=O)(=O)Cc3cccc(Cl)c3)c2)c(C)c1OCC(=O)O. The van der Waals surface area contributed by atoms with Crippen molar-refractivity contribution in [1.29, 1.82) is 0 Å². The maximum atomic E-state index is 13.9. The molecule has 0 amide bonds. The van der Waals surface area contributed by atoms with Crippen molar-refractivity contribution in [3.8, 4) is 16.2 Å². The maximum absolute atomic E-state index is 13.9. The van der Waals surface area contributed by atoms with Gasteiger partial charge < -0.3 is 19.9 Å². The lowest BCUT2D eigenvalue weighted by Crippen LogP contribution is -2.46. The van der Waals surface area contributed by atoms with Crippen LogP contribution in [-0.4, -0.2) is 58.3 Å². The Morgan fingerprint density at radius 3 is 2.54 bits per heavy atom. The number of anilines is 1. The summed E-state index contributed by atoms with van der Waals surface area (Å²) >= 11 is 7.22. The molecule has 9 nitrogen and oxygen atoms in total. The van der Waals surface area contributed by atoms with Crippen LogP contribution >= 0.6 is 22.9 Å². The van der Waals surface area contributed by atoms with Gasteiger partial charge in [-0.05, 0) is 68.2 Å². The molecule has 0 saturated carbocycles. The monoisotopic (exact) mass is 592 g/mol. The number of carbonyl (C=O) groups is 2. The van der Waals surface area contributed by atoms with Gasteiger partial charge in [-0.2, -0.15) is 0 Å². The Hall–Kier alpha value is -3.12. The van der Waals surface area contributed by atoms with Crippen molar-refractivity contribution >= 4 is 50.6 Å². The summed E-state index contributed by atoms with van der Waals surface area (Å²) in [6.45, 7) is 2.50. The number of carboxylic acid groups (broad SMARTS) is 1. The van der Waals surface area contributed by atoms with E-state index in [9.17, 15) is 18.0 Å². The molecule has 1 saturated heterocycles. The van der Waals surface area contributed by atoms with E-state index < -0.39 is 28.6 Å². The molecule has 2 heterocycles. The quantitative estimate of drug-likeness (QED) is 0.324. The second-order valence-electron chi connectivity index (χ2n) is 9.10. The Kier molecular flexibility index (Phi) is 9.16. The van der Waals surface area contributed by atoms with Crippen LogP contribution in [-0.2, 0) is 25.3 Å². The third-order valence-electron chi connectivity index (χ3n) is 6.34. The van der Waals surface area contributed by atoms with Crippen LogP contribution in [0.25, 0.3) is 10.4 Å². The molecule has 3 aromatic rings. The average Bonchev–Trinajstić information content (AvgIpc) is 3.23. The molecule has 1 fully saturated rings. The number of piperidine rings is 1. The zero-order valence-corrected chi connectivity index (χ0v) is 23.9. The predicted molar refractivity (Wildman–Crippen MR) is 151 cm³/mol. The largest absolute Gasteiger partial charge is 0.480 e. The fourth-order valence-electron chi connectivity index (χ4n) is 4.64. The second kappa shape index (κ2) is 12.4. The zero-order chi connectivity index (χ0) is 28.2. The molecule has 1 aliphatic rings. The molecule has 39 heavy (non-hydrogen) atoms. The minimum atomic E-state index is -3.81. The van der Waals surface area contributed by atoms with Gasteiger partial charge >= 0.3 is 11.9 Å². The molecule has 2 aromatic carbocycles. The van der Waals surface area contributed by atoms with Gasteiger partial charge in [0.05, 0.1) is 18.6 Å². The van der Waals surface area contributed by atoms with Crippen molar-refractivity contribution in [2.75, 3.05) is 31.1 Å². The van der Waals surface area contributed by atoms with Gasteiger partial charge in [-0.3, -0.25) is 4.31 Å². The van der Waals surface area contributed by atoms with Crippen molar-refractivity contribution < 1.29 is 32.6 Å². The number of thiophene rings is 1. The van der Waals surface area contributed by atoms with Crippen molar-refractivity contribution in [1.82, 2.24) is 5.32 Å². The lowest BCUT2D eigenvalue weighted by atomic mass is 10.0. The van der Waals surface area contributed by atoms with Crippen molar-refractivity contribution in [2.24, 2.45) is 0 Å². The first-order valence-electron chi connectivity index (χ1n) is 12.2. The Bertz CT molecular complexity index is 1470. The normalized spacial score (nSPS) is 14.1. The van der Waals surface area contributed by atoms with E-state index in [0.717, 1.165) is 11.3 Å². The minimum absolute atomic E-state index is 0.137. The second-order valence-corrected chi connectivity index (χ2v) is 12.4. The summed E-state index contributed by atoms with van der Waals surface area (Å²) in [5.74, 6) is -1.90. The van der Waals surface area contributed by atoms with E-state index in [0.29, 0.717) is 58.2 Å². The van der Waals surface area contributed by atoms with E-state index in [4.69, 9.17) is 26.2 Å². The molecule has 12 heteroatoms. The van der Waals surface area contributed by atoms with Crippen molar-refractivity contribution in [3.05, 3.63) is 69.6 Å². The first kappa shape index (κ1) is 28.9. The minimum Gasteiger partial charge on any atom is -0.480 e. The highest BCUT2D eigenvalue weighted by Crippen LogP contribution is 2.43. The Labute approximate surface area is 236 Å². The number of ether oxygens (including phenoxy) is 2. The molecule has 1 aliphatic heterocycles. The fourth-order valence-corrected chi connectivity index (χ4v) is 7.86. The van der Waals surface area contributed by atoms with Crippen LogP contribution < -0.4 is 14.4 Å². The van der Waals surface area contributed by atoms with E-state index in [1.54, 1.807) is 49.4 Å². The number of esters is 1. The number of sulfonamides is 1. The lowest BCUT2D eigenvalue weighted by molar-refractivity contribution is -0.139. The number of nitrogens with zero attached hydrogens (tertiary/aromatic N) is 1. The molecule has 0 atom stereocenters. The summed E-state index contributed by atoms with van der Waals surface area (Å²) in [5, 5.41) is 12.8. The fraction of sp³-hybridized carbons (Fsp3) is 0.333. The standard InChI is InChI=1S/C27H29ClN2O7S2/c1-17-24(37-15-23(31)32)26(27(33)36-2)38-25(17)19-6-4-8-22(14-19)30(21-9-11-29-12-10-21)39(34,35)16-18-5-3-7-20(28)13-18/h3-8,13-14,21,29H,9-12,15-16H2,1-2H3,(H,31,32). The van der Waals surface area contributed by atoms with E-state index >= 15 is 0 Å². The summed E-state index contributed by atoms with van der Waals surface area (Å²) in [6, 6.07) is 13.7. The van der Waals surface area contributed by atoms with Gasteiger partial charge in [0.2, 0.25) is 10.0 Å².